The monoisotopic (exact) mass is 189 g/mol. The highest BCUT2D eigenvalue weighted by Gasteiger charge is 2.18. The van der Waals surface area contributed by atoms with Gasteiger partial charge in [0.15, 0.2) is 0 Å². The summed E-state index contributed by atoms with van der Waals surface area (Å²) in [5, 5.41) is 3.54. The molecule has 0 heterocycles. The van der Waals surface area contributed by atoms with Crippen LogP contribution in [0.4, 0.5) is 0 Å². The van der Waals surface area contributed by atoms with Gasteiger partial charge in [-0.2, -0.15) is 11.8 Å². The first kappa shape index (κ1) is 12.3. The van der Waals surface area contributed by atoms with Gasteiger partial charge in [0, 0.05) is 6.04 Å². The minimum Gasteiger partial charge on any atom is -0.314 e. The zero-order valence-corrected chi connectivity index (χ0v) is 9.92. The summed E-state index contributed by atoms with van der Waals surface area (Å²) >= 11 is 1.92. The Labute approximate surface area is 81.7 Å². The Morgan fingerprint density at radius 2 is 1.92 bits per heavy atom. The third kappa shape index (κ3) is 5.90. The number of thioether (sulfide) groups is 1. The highest BCUT2D eigenvalue weighted by molar-refractivity contribution is 7.98. The fraction of sp³-hybridized carbons (Fsp3) is 1.00. The second-order valence-corrected chi connectivity index (χ2v) is 5.37. The minimum absolute atomic E-state index is 0.388. The summed E-state index contributed by atoms with van der Waals surface area (Å²) < 4.78 is 0. The Morgan fingerprint density at radius 3 is 2.33 bits per heavy atom. The van der Waals surface area contributed by atoms with Crippen molar-refractivity contribution >= 4 is 11.8 Å². The van der Waals surface area contributed by atoms with Crippen molar-refractivity contribution in [3.63, 3.8) is 0 Å². The zero-order chi connectivity index (χ0) is 9.61. The predicted molar refractivity (Wildman–Crippen MR) is 59.9 cm³/mol. The van der Waals surface area contributed by atoms with E-state index in [4.69, 9.17) is 0 Å². The van der Waals surface area contributed by atoms with Crippen LogP contribution in [0.1, 0.15) is 34.1 Å². The molecule has 1 atom stereocenters. The van der Waals surface area contributed by atoms with Crippen molar-refractivity contribution in [3.8, 4) is 0 Å². The molecular weight excluding hydrogens is 166 g/mol. The van der Waals surface area contributed by atoms with Gasteiger partial charge in [-0.25, -0.2) is 0 Å². The second kappa shape index (κ2) is 5.87. The van der Waals surface area contributed by atoms with Crippen molar-refractivity contribution < 1.29 is 0 Å². The molecule has 0 aromatic heterocycles. The van der Waals surface area contributed by atoms with Gasteiger partial charge in [-0.1, -0.05) is 20.8 Å². The molecule has 0 saturated carbocycles. The Morgan fingerprint density at radius 1 is 1.33 bits per heavy atom. The van der Waals surface area contributed by atoms with Gasteiger partial charge < -0.3 is 5.32 Å². The van der Waals surface area contributed by atoms with Crippen LogP contribution in [0.3, 0.4) is 0 Å². The quantitative estimate of drug-likeness (QED) is 0.667. The predicted octanol–water partition coefficient (Wildman–Crippen LogP) is 2.76. The summed E-state index contributed by atoms with van der Waals surface area (Å²) in [5.74, 6) is 1.27. The Bertz CT molecular complexity index is 107. The summed E-state index contributed by atoms with van der Waals surface area (Å²) in [7, 11) is 0. The molecule has 1 unspecified atom stereocenters. The molecule has 1 N–H and O–H groups in total. The largest absolute Gasteiger partial charge is 0.314 e. The maximum Gasteiger partial charge on any atom is 0.00872 e. The molecule has 2 heteroatoms. The lowest BCUT2D eigenvalue weighted by atomic mass is 9.88. The van der Waals surface area contributed by atoms with E-state index in [2.05, 4.69) is 39.3 Å². The van der Waals surface area contributed by atoms with Crippen LogP contribution in [-0.4, -0.2) is 24.6 Å². The minimum atomic E-state index is 0.388. The molecule has 0 aliphatic carbocycles. The molecule has 0 saturated heterocycles. The molecule has 1 nitrogen and oxygen atoms in total. The Kier molecular flexibility index (Phi) is 6.02. The lowest BCUT2D eigenvalue weighted by Gasteiger charge is -2.28. The SMILES string of the molecule is CSCCCNC(C)C(C)(C)C. The lowest BCUT2D eigenvalue weighted by Crippen LogP contribution is -2.38. The van der Waals surface area contributed by atoms with Gasteiger partial charge in [-0.05, 0) is 37.3 Å². The Balaban J connectivity index is 3.38. The average molecular weight is 189 g/mol. The van der Waals surface area contributed by atoms with Gasteiger partial charge in [-0.3, -0.25) is 0 Å². The van der Waals surface area contributed by atoms with E-state index in [-0.39, 0.29) is 0 Å². The Hall–Kier alpha value is 0.310. The van der Waals surface area contributed by atoms with Crippen molar-refractivity contribution in [1.29, 1.82) is 0 Å². The van der Waals surface area contributed by atoms with E-state index in [1.165, 1.54) is 12.2 Å². The molecule has 0 aromatic rings. The fourth-order valence-corrected chi connectivity index (χ4v) is 1.27. The van der Waals surface area contributed by atoms with Crippen molar-refractivity contribution in [2.75, 3.05) is 18.6 Å². The first-order valence-electron chi connectivity index (χ1n) is 4.71. The van der Waals surface area contributed by atoms with Crippen LogP contribution in [0.15, 0.2) is 0 Å². The highest BCUT2D eigenvalue weighted by atomic mass is 32.2. The molecule has 0 spiro atoms. The molecule has 0 amide bonds. The van der Waals surface area contributed by atoms with Crippen LogP contribution >= 0.6 is 11.8 Å². The summed E-state index contributed by atoms with van der Waals surface area (Å²) in [6.45, 7) is 10.2. The van der Waals surface area contributed by atoms with Crippen LogP contribution in [-0.2, 0) is 0 Å². The van der Waals surface area contributed by atoms with Crippen LogP contribution < -0.4 is 5.32 Å². The standard InChI is InChI=1S/C10H23NS/c1-9(10(2,3)4)11-7-6-8-12-5/h9,11H,6-8H2,1-5H3. The molecule has 0 bridgehead atoms. The van der Waals surface area contributed by atoms with E-state index in [0.29, 0.717) is 11.5 Å². The maximum absolute atomic E-state index is 3.54. The topological polar surface area (TPSA) is 12.0 Å². The summed E-state index contributed by atoms with van der Waals surface area (Å²) in [6, 6.07) is 0.611. The normalized spacial score (nSPS) is 14.8. The summed E-state index contributed by atoms with van der Waals surface area (Å²) in [5.41, 5.74) is 0.388. The molecule has 0 rings (SSSR count). The van der Waals surface area contributed by atoms with Gasteiger partial charge >= 0.3 is 0 Å². The van der Waals surface area contributed by atoms with Gasteiger partial charge in [0.2, 0.25) is 0 Å². The molecule has 0 aliphatic heterocycles. The summed E-state index contributed by atoms with van der Waals surface area (Å²) in [4.78, 5) is 0. The molecule has 0 aromatic carbocycles. The van der Waals surface area contributed by atoms with Crippen LogP contribution in [0.25, 0.3) is 0 Å². The number of hydrogen-bond acceptors (Lipinski definition) is 2. The van der Waals surface area contributed by atoms with Crippen molar-refractivity contribution in [2.24, 2.45) is 5.41 Å². The molecule has 0 aliphatic rings. The first-order chi connectivity index (χ1) is 5.48. The molecular formula is C10H23NS. The van der Waals surface area contributed by atoms with Gasteiger partial charge in [0.05, 0.1) is 0 Å². The van der Waals surface area contributed by atoms with E-state index in [1.54, 1.807) is 0 Å². The van der Waals surface area contributed by atoms with E-state index < -0.39 is 0 Å². The molecule has 0 radical (unpaired) electrons. The van der Waals surface area contributed by atoms with Crippen LogP contribution in [0, 0.1) is 5.41 Å². The molecule has 74 valence electrons. The van der Waals surface area contributed by atoms with Gasteiger partial charge in [-0.15, -0.1) is 0 Å². The van der Waals surface area contributed by atoms with Crippen LogP contribution in [0.2, 0.25) is 0 Å². The first-order valence-corrected chi connectivity index (χ1v) is 6.10. The number of hydrogen-bond donors (Lipinski definition) is 1. The van der Waals surface area contributed by atoms with Crippen molar-refractivity contribution in [3.05, 3.63) is 0 Å². The lowest BCUT2D eigenvalue weighted by molar-refractivity contribution is 0.287. The second-order valence-electron chi connectivity index (χ2n) is 4.39. The van der Waals surface area contributed by atoms with Crippen molar-refractivity contribution in [2.45, 2.75) is 40.2 Å². The smallest absolute Gasteiger partial charge is 0.00872 e. The highest BCUT2D eigenvalue weighted by Crippen LogP contribution is 2.18. The molecule has 12 heavy (non-hydrogen) atoms. The van der Waals surface area contributed by atoms with Gasteiger partial charge in [0.1, 0.15) is 0 Å². The van der Waals surface area contributed by atoms with E-state index in [0.717, 1.165) is 6.54 Å². The van der Waals surface area contributed by atoms with E-state index in [1.807, 2.05) is 11.8 Å². The summed E-state index contributed by atoms with van der Waals surface area (Å²) in [6.07, 6.45) is 3.44. The number of rotatable bonds is 5. The maximum atomic E-state index is 3.54. The van der Waals surface area contributed by atoms with Gasteiger partial charge in [0.25, 0.3) is 0 Å². The van der Waals surface area contributed by atoms with Crippen molar-refractivity contribution in [1.82, 2.24) is 5.32 Å². The number of nitrogens with one attached hydrogen (secondary N) is 1. The van der Waals surface area contributed by atoms with E-state index in [9.17, 15) is 0 Å². The third-order valence-electron chi connectivity index (χ3n) is 2.27. The third-order valence-corrected chi connectivity index (χ3v) is 2.97. The van der Waals surface area contributed by atoms with E-state index >= 15 is 0 Å². The van der Waals surface area contributed by atoms with Crippen LogP contribution in [0.5, 0.6) is 0 Å². The molecule has 0 fully saturated rings. The zero-order valence-electron chi connectivity index (χ0n) is 9.11. The fourth-order valence-electron chi connectivity index (χ4n) is 0.841. The average Bonchev–Trinajstić information content (AvgIpc) is 1.96.